The Morgan fingerprint density at radius 2 is 0.244 bits per heavy atom. The Morgan fingerprint density at radius 3 is 0.402 bits per heavy atom. The van der Waals surface area contributed by atoms with Crippen molar-refractivity contribution in [1.82, 2.24) is 0 Å². The van der Waals surface area contributed by atoms with Gasteiger partial charge in [0.1, 0.15) is 0 Å². The van der Waals surface area contributed by atoms with Crippen molar-refractivity contribution < 1.29 is 0 Å². The van der Waals surface area contributed by atoms with Crippen molar-refractivity contribution in [2.45, 2.75) is 0 Å². The lowest BCUT2D eigenvalue weighted by molar-refractivity contribution is 1.31. The van der Waals surface area contributed by atoms with E-state index in [1.165, 1.54) is 120 Å². The van der Waals surface area contributed by atoms with Crippen LogP contribution in [0.2, 0.25) is 0 Å². The zero-order valence-electron chi connectivity index (χ0n) is 44.9. The molecule has 0 unspecified atom stereocenters. The molecule has 0 fully saturated rings. The molecule has 0 aliphatic heterocycles. The van der Waals surface area contributed by atoms with E-state index in [2.05, 4.69) is 325 Å². The molecule has 0 saturated heterocycles. The lowest BCUT2D eigenvalue weighted by Crippen LogP contribution is -2.11. The van der Waals surface area contributed by atoms with Crippen molar-refractivity contribution in [1.29, 1.82) is 0 Å². The number of anilines is 6. The predicted molar refractivity (Wildman–Crippen MR) is 352 cm³/mol. The minimum atomic E-state index is 1.11. The molecule has 0 heterocycles. The van der Waals surface area contributed by atoms with E-state index in [9.17, 15) is 0 Å². The summed E-state index contributed by atoms with van der Waals surface area (Å²) in [6, 6.07) is 116. The number of nitrogens with zero attached hydrogens (tertiary/aromatic N) is 2. The molecule has 82 heavy (non-hydrogen) atoms. The van der Waals surface area contributed by atoms with Crippen molar-refractivity contribution in [3.05, 3.63) is 315 Å². The maximum Gasteiger partial charge on any atom is 0.0618 e. The molecule has 16 aromatic carbocycles. The monoisotopic (exact) mass is 1040 g/mol. The van der Waals surface area contributed by atoms with Crippen LogP contribution in [0.25, 0.3) is 120 Å². The fourth-order valence-electron chi connectivity index (χ4n) is 13.7. The molecule has 2 nitrogen and oxygen atoms in total. The fraction of sp³-hybridized carbons (Fsp3) is 0. The Morgan fingerprint density at radius 1 is 0.122 bits per heavy atom. The van der Waals surface area contributed by atoms with Crippen molar-refractivity contribution in [2.24, 2.45) is 0 Å². The second kappa shape index (κ2) is 19.5. The number of para-hydroxylation sites is 4. The van der Waals surface area contributed by atoms with E-state index in [-0.39, 0.29) is 0 Å². The summed E-state index contributed by atoms with van der Waals surface area (Å²) < 4.78 is 0. The van der Waals surface area contributed by atoms with E-state index in [1.54, 1.807) is 0 Å². The SMILES string of the molecule is c1ccc(N(c2ccccc2)c2c3ccccc3c(-c3c4ccccc4c(-c4c5ccccc5c(-c5c6ccccc6c(N(c6ccccc6)c6ccccc6)c6ccccc56)c5ccccc45)c4ccccc34)c3ccccc23)cc1. The third-order valence-corrected chi connectivity index (χ3v) is 16.9. The summed E-state index contributed by atoms with van der Waals surface area (Å²) in [4.78, 5) is 4.88. The molecule has 16 rings (SSSR count). The molecule has 0 aromatic heterocycles. The van der Waals surface area contributed by atoms with Crippen LogP contribution in [0.3, 0.4) is 0 Å². The molecule has 16 aromatic rings. The Bertz CT molecular complexity index is 4520. The van der Waals surface area contributed by atoms with Gasteiger partial charge < -0.3 is 9.80 Å². The van der Waals surface area contributed by atoms with E-state index in [0.717, 1.165) is 34.1 Å². The van der Waals surface area contributed by atoms with Crippen LogP contribution in [0.15, 0.2) is 315 Å². The average molecular weight is 1040 g/mol. The highest BCUT2D eigenvalue weighted by Gasteiger charge is 2.29. The van der Waals surface area contributed by atoms with Gasteiger partial charge in [-0.15, -0.1) is 0 Å². The topological polar surface area (TPSA) is 6.48 Å². The van der Waals surface area contributed by atoms with Gasteiger partial charge in [-0.3, -0.25) is 0 Å². The Balaban J connectivity index is 0.999. The van der Waals surface area contributed by atoms with E-state index in [4.69, 9.17) is 0 Å². The van der Waals surface area contributed by atoms with E-state index >= 15 is 0 Å². The molecule has 0 aliphatic carbocycles. The third-order valence-electron chi connectivity index (χ3n) is 16.9. The highest BCUT2D eigenvalue weighted by Crippen LogP contribution is 2.56. The highest BCUT2D eigenvalue weighted by molar-refractivity contribution is 6.35. The zero-order chi connectivity index (χ0) is 54.1. The van der Waals surface area contributed by atoms with Gasteiger partial charge in [0.25, 0.3) is 0 Å². The summed E-state index contributed by atoms with van der Waals surface area (Å²) >= 11 is 0. The largest absolute Gasteiger partial charge is 0.309 e. The van der Waals surface area contributed by atoms with Crippen LogP contribution in [-0.4, -0.2) is 0 Å². The first-order chi connectivity index (χ1) is 40.8. The van der Waals surface area contributed by atoms with Gasteiger partial charge in [-0.05, 0) is 147 Å². The van der Waals surface area contributed by atoms with Crippen LogP contribution in [-0.2, 0) is 0 Å². The van der Waals surface area contributed by atoms with Crippen LogP contribution < -0.4 is 9.80 Å². The molecular weight excluding hydrogens is 989 g/mol. The summed E-state index contributed by atoms with van der Waals surface area (Å²) in [5.74, 6) is 0. The maximum atomic E-state index is 2.44. The molecule has 0 radical (unpaired) electrons. The second-order valence-corrected chi connectivity index (χ2v) is 21.3. The van der Waals surface area contributed by atoms with Crippen molar-refractivity contribution in [3.8, 4) is 33.4 Å². The summed E-state index contributed by atoms with van der Waals surface area (Å²) in [5, 5.41) is 19.3. The quantitative estimate of drug-likeness (QED) is 0.133. The molecule has 0 bridgehead atoms. The molecule has 0 aliphatic rings. The molecule has 0 N–H and O–H groups in total. The summed E-state index contributed by atoms with van der Waals surface area (Å²) in [5.41, 5.74) is 14.2. The molecular formula is C80H52N2. The van der Waals surface area contributed by atoms with Crippen molar-refractivity contribution in [2.75, 3.05) is 9.80 Å². The van der Waals surface area contributed by atoms with Gasteiger partial charge in [0.2, 0.25) is 0 Å². The van der Waals surface area contributed by atoms with E-state index < -0.39 is 0 Å². The smallest absolute Gasteiger partial charge is 0.0618 e. The lowest BCUT2D eigenvalue weighted by Gasteiger charge is -2.30. The van der Waals surface area contributed by atoms with Gasteiger partial charge in [0, 0.05) is 44.3 Å². The first-order valence-electron chi connectivity index (χ1n) is 28.4. The van der Waals surface area contributed by atoms with Crippen molar-refractivity contribution >= 4 is 120 Å². The Hall–Kier alpha value is -10.8. The summed E-state index contributed by atoms with van der Waals surface area (Å²) in [6.45, 7) is 0. The fourth-order valence-corrected chi connectivity index (χ4v) is 13.7. The van der Waals surface area contributed by atoms with Gasteiger partial charge in [-0.2, -0.15) is 0 Å². The predicted octanol–water partition coefficient (Wildman–Crippen LogP) is 22.9. The molecule has 382 valence electrons. The standard InChI is InChI=1S/C80H52N2/c1-5-29-53(30-6-1)81(54-31-7-2-8-32-54)79-69-49-25-21-45-65(69)77(66-46-22-26-50-70(66)79)75-61-41-17-13-37-57(61)73(58-38-14-18-42-62(58)75)74-59-39-15-19-43-63(59)76(64-44-20-16-40-60(64)74)78-67-47-23-27-51-71(67)80(72-52-28-24-48-68(72)78)82(55-33-9-3-10-34-55)56-35-11-4-12-36-56/h1-52H. The number of rotatable bonds is 9. The molecule has 0 amide bonds. The number of benzene rings is 16. The normalized spacial score (nSPS) is 11.7. The first kappa shape index (κ1) is 47.2. The van der Waals surface area contributed by atoms with Crippen LogP contribution in [0.5, 0.6) is 0 Å². The summed E-state index contributed by atoms with van der Waals surface area (Å²) in [7, 11) is 0. The minimum absolute atomic E-state index is 1.11. The maximum absolute atomic E-state index is 2.44. The second-order valence-electron chi connectivity index (χ2n) is 21.3. The van der Waals surface area contributed by atoms with Gasteiger partial charge in [0.15, 0.2) is 0 Å². The average Bonchev–Trinajstić information content (AvgIpc) is 2.69. The van der Waals surface area contributed by atoms with Crippen LogP contribution in [0.1, 0.15) is 0 Å². The van der Waals surface area contributed by atoms with Gasteiger partial charge in [0.05, 0.1) is 11.4 Å². The first-order valence-corrected chi connectivity index (χ1v) is 28.4. The number of hydrogen-bond acceptors (Lipinski definition) is 2. The van der Waals surface area contributed by atoms with Gasteiger partial charge in [-0.25, -0.2) is 0 Å². The molecule has 0 saturated carbocycles. The van der Waals surface area contributed by atoms with Crippen LogP contribution in [0.4, 0.5) is 34.1 Å². The van der Waals surface area contributed by atoms with E-state index in [0.29, 0.717) is 0 Å². The third kappa shape index (κ3) is 7.35. The van der Waals surface area contributed by atoms with Crippen LogP contribution >= 0.6 is 0 Å². The minimum Gasteiger partial charge on any atom is -0.309 e. The van der Waals surface area contributed by atoms with Crippen molar-refractivity contribution in [3.63, 3.8) is 0 Å². The van der Waals surface area contributed by atoms with E-state index in [1.807, 2.05) is 0 Å². The molecule has 2 heteroatoms. The zero-order valence-corrected chi connectivity index (χ0v) is 44.9. The number of hydrogen-bond donors (Lipinski definition) is 0. The van der Waals surface area contributed by atoms with Gasteiger partial charge >= 0.3 is 0 Å². The lowest BCUT2D eigenvalue weighted by atomic mass is 9.79. The highest BCUT2D eigenvalue weighted by atomic mass is 15.2. The molecule has 0 atom stereocenters. The Kier molecular flexibility index (Phi) is 11.2. The molecule has 0 spiro atoms. The van der Waals surface area contributed by atoms with Gasteiger partial charge in [-0.1, -0.05) is 267 Å². The summed E-state index contributed by atoms with van der Waals surface area (Å²) in [6.07, 6.45) is 0. The Labute approximate surface area is 476 Å². The van der Waals surface area contributed by atoms with Crippen LogP contribution in [0, 0.1) is 0 Å². The number of fused-ring (bicyclic) bond motifs is 8.